The average Bonchev–Trinajstić information content (AvgIpc) is 2.46. The highest BCUT2D eigenvalue weighted by atomic mass is 19.1. The van der Waals surface area contributed by atoms with Gasteiger partial charge in [0.2, 0.25) is 0 Å². The van der Waals surface area contributed by atoms with Crippen LogP contribution >= 0.6 is 0 Å². The minimum Gasteiger partial charge on any atom is -0.351 e. The molecule has 0 aliphatic heterocycles. The molecule has 0 aromatic heterocycles. The van der Waals surface area contributed by atoms with Gasteiger partial charge in [-0.15, -0.1) is 0 Å². The third kappa shape index (κ3) is 3.37. The Hall–Kier alpha value is -1.42. The van der Waals surface area contributed by atoms with Crippen molar-refractivity contribution in [1.29, 1.82) is 0 Å². The van der Waals surface area contributed by atoms with Crippen molar-refractivity contribution in [3.8, 4) is 0 Å². The van der Waals surface area contributed by atoms with Crippen molar-refractivity contribution < 1.29 is 9.18 Å². The summed E-state index contributed by atoms with van der Waals surface area (Å²) in [5.74, 6) is -0.811. The van der Waals surface area contributed by atoms with Crippen molar-refractivity contribution in [2.75, 3.05) is 13.1 Å². The summed E-state index contributed by atoms with van der Waals surface area (Å²) in [7, 11) is 0. The number of rotatable bonds is 4. The molecule has 0 atom stereocenters. The van der Waals surface area contributed by atoms with Crippen LogP contribution < -0.4 is 11.1 Å². The molecular formula is C16H23FN2O. The number of hydrogen-bond donors (Lipinski definition) is 2. The monoisotopic (exact) mass is 278 g/mol. The van der Waals surface area contributed by atoms with Crippen LogP contribution in [0.3, 0.4) is 0 Å². The lowest BCUT2D eigenvalue weighted by molar-refractivity contribution is 0.0910. The zero-order valence-corrected chi connectivity index (χ0v) is 12.0. The van der Waals surface area contributed by atoms with E-state index in [1.165, 1.54) is 18.6 Å². The van der Waals surface area contributed by atoms with E-state index in [9.17, 15) is 9.18 Å². The van der Waals surface area contributed by atoms with E-state index < -0.39 is 5.82 Å². The Morgan fingerprint density at radius 1 is 1.35 bits per heavy atom. The normalized spacial score (nSPS) is 17.8. The Balaban J connectivity index is 2.00. The van der Waals surface area contributed by atoms with Gasteiger partial charge in [-0.3, -0.25) is 4.79 Å². The lowest BCUT2D eigenvalue weighted by Gasteiger charge is -2.36. The second kappa shape index (κ2) is 6.35. The molecule has 2 rings (SSSR count). The number of benzene rings is 1. The maximum atomic E-state index is 13.8. The summed E-state index contributed by atoms with van der Waals surface area (Å²) < 4.78 is 13.8. The quantitative estimate of drug-likeness (QED) is 0.889. The Bertz CT molecular complexity index is 481. The van der Waals surface area contributed by atoms with Crippen LogP contribution in [0.15, 0.2) is 18.2 Å². The van der Waals surface area contributed by atoms with Gasteiger partial charge >= 0.3 is 0 Å². The summed E-state index contributed by atoms with van der Waals surface area (Å²) in [6, 6.07) is 4.67. The zero-order valence-electron chi connectivity index (χ0n) is 12.0. The molecule has 0 saturated heterocycles. The van der Waals surface area contributed by atoms with Gasteiger partial charge in [0.1, 0.15) is 5.82 Å². The maximum absolute atomic E-state index is 13.8. The Kier molecular flexibility index (Phi) is 4.76. The lowest BCUT2D eigenvalue weighted by Crippen LogP contribution is -2.43. The molecule has 0 radical (unpaired) electrons. The molecule has 1 aliphatic rings. The molecule has 1 fully saturated rings. The molecule has 3 N–H and O–H groups in total. The highest BCUT2D eigenvalue weighted by Crippen LogP contribution is 2.34. The Morgan fingerprint density at radius 3 is 2.65 bits per heavy atom. The number of aryl methyl sites for hydroxylation is 1. The maximum Gasteiger partial charge on any atom is 0.254 e. The van der Waals surface area contributed by atoms with Gasteiger partial charge in [-0.05, 0) is 49.4 Å². The molecule has 1 aromatic rings. The molecule has 3 nitrogen and oxygen atoms in total. The number of carbonyl (C=O) groups excluding carboxylic acids is 1. The van der Waals surface area contributed by atoms with Crippen molar-refractivity contribution >= 4 is 5.91 Å². The fourth-order valence-corrected chi connectivity index (χ4v) is 2.92. The predicted molar refractivity (Wildman–Crippen MR) is 78.0 cm³/mol. The number of nitrogens with one attached hydrogen (secondary N) is 1. The molecule has 1 aliphatic carbocycles. The van der Waals surface area contributed by atoms with Gasteiger partial charge in [0.15, 0.2) is 0 Å². The van der Waals surface area contributed by atoms with Crippen LogP contribution in [0.5, 0.6) is 0 Å². The molecule has 1 aromatic carbocycles. The van der Waals surface area contributed by atoms with E-state index in [0.29, 0.717) is 13.1 Å². The lowest BCUT2D eigenvalue weighted by atomic mass is 9.74. The first-order valence-electron chi connectivity index (χ1n) is 7.31. The van der Waals surface area contributed by atoms with Crippen LogP contribution in [-0.4, -0.2) is 19.0 Å². The topological polar surface area (TPSA) is 55.1 Å². The van der Waals surface area contributed by atoms with Crippen molar-refractivity contribution in [3.05, 3.63) is 35.1 Å². The highest BCUT2D eigenvalue weighted by molar-refractivity contribution is 5.94. The first-order chi connectivity index (χ1) is 9.56. The van der Waals surface area contributed by atoms with E-state index in [1.54, 1.807) is 13.0 Å². The molecule has 4 heteroatoms. The Morgan fingerprint density at radius 2 is 2.05 bits per heavy atom. The van der Waals surface area contributed by atoms with Crippen molar-refractivity contribution in [2.24, 2.45) is 11.1 Å². The van der Waals surface area contributed by atoms with Crippen LogP contribution in [0.1, 0.15) is 48.0 Å². The number of carbonyl (C=O) groups is 1. The summed E-state index contributed by atoms with van der Waals surface area (Å²) in [5, 5.41) is 2.86. The fraction of sp³-hybridized carbons (Fsp3) is 0.562. The minimum atomic E-state index is -0.465. The van der Waals surface area contributed by atoms with Gasteiger partial charge in [-0.2, -0.15) is 0 Å². The van der Waals surface area contributed by atoms with Crippen LogP contribution in [-0.2, 0) is 0 Å². The standard InChI is InChI=1S/C16H23FN2O/c1-12-5-6-13(14(17)9-12)15(20)19-11-16(10-18)7-3-2-4-8-16/h5-6,9H,2-4,7-8,10-11,18H2,1H3,(H,19,20). The number of hydrogen-bond acceptors (Lipinski definition) is 2. The van der Waals surface area contributed by atoms with E-state index in [1.807, 2.05) is 0 Å². The van der Waals surface area contributed by atoms with Gasteiger partial charge < -0.3 is 11.1 Å². The van der Waals surface area contributed by atoms with Crippen molar-refractivity contribution in [2.45, 2.75) is 39.0 Å². The average molecular weight is 278 g/mol. The van der Waals surface area contributed by atoms with Crippen LogP contribution in [0.25, 0.3) is 0 Å². The smallest absolute Gasteiger partial charge is 0.254 e. The van der Waals surface area contributed by atoms with E-state index >= 15 is 0 Å². The molecule has 0 heterocycles. The van der Waals surface area contributed by atoms with Gasteiger partial charge in [0, 0.05) is 6.54 Å². The van der Waals surface area contributed by atoms with Crippen LogP contribution in [0.4, 0.5) is 4.39 Å². The largest absolute Gasteiger partial charge is 0.351 e. The molecule has 0 unspecified atom stereocenters. The molecule has 1 saturated carbocycles. The fourth-order valence-electron chi connectivity index (χ4n) is 2.92. The van der Waals surface area contributed by atoms with Gasteiger partial charge in [0.05, 0.1) is 5.56 Å². The van der Waals surface area contributed by atoms with E-state index in [4.69, 9.17) is 5.73 Å². The second-order valence-corrected chi connectivity index (χ2v) is 5.93. The highest BCUT2D eigenvalue weighted by Gasteiger charge is 2.31. The predicted octanol–water partition coefficient (Wildman–Crippen LogP) is 2.77. The number of nitrogens with two attached hydrogens (primary N) is 1. The first kappa shape index (κ1) is 15.0. The second-order valence-electron chi connectivity index (χ2n) is 5.93. The molecule has 110 valence electrons. The molecule has 0 bridgehead atoms. The molecular weight excluding hydrogens is 255 g/mol. The Labute approximate surface area is 119 Å². The van der Waals surface area contributed by atoms with E-state index in [2.05, 4.69) is 5.32 Å². The SMILES string of the molecule is Cc1ccc(C(=O)NCC2(CN)CCCCC2)c(F)c1. The zero-order chi connectivity index (χ0) is 14.6. The summed E-state index contributed by atoms with van der Waals surface area (Å²) in [5.41, 5.74) is 6.80. The van der Waals surface area contributed by atoms with E-state index in [-0.39, 0.29) is 16.9 Å². The third-order valence-electron chi connectivity index (χ3n) is 4.34. The minimum absolute atomic E-state index is 0.00488. The summed E-state index contributed by atoms with van der Waals surface area (Å²) in [6.45, 7) is 2.91. The van der Waals surface area contributed by atoms with Gasteiger partial charge in [0.25, 0.3) is 5.91 Å². The third-order valence-corrected chi connectivity index (χ3v) is 4.34. The summed E-state index contributed by atoms with van der Waals surface area (Å²) in [6.07, 6.45) is 5.64. The summed E-state index contributed by atoms with van der Waals surface area (Å²) in [4.78, 5) is 12.1. The van der Waals surface area contributed by atoms with Crippen LogP contribution in [0.2, 0.25) is 0 Å². The number of halogens is 1. The first-order valence-corrected chi connectivity index (χ1v) is 7.31. The van der Waals surface area contributed by atoms with Gasteiger partial charge in [-0.1, -0.05) is 25.3 Å². The van der Waals surface area contributed by atoms with Crippen LogP contribution in [0, 0.1) is 18.2 Å². The molecule has 20 heavy (non-hydrogen) atoms. The number of amides is 1. The molecule has 0 spiro atoms. The van der Waals surface area contributed by atoms with E-state index in [0.717, 1.165) is 31.2 Å². The van der Waals surface area contributed by atoms with Crippen molar-refractivity contribution in [3.63, 3.8) is 0 Å². The van der Waals surface area contributed by atoms with Gasteiger partial charge in [-0.25, -0.2) is 4.39 Å². The van der Waals surface area contributed by atoms with Crippen molar-refractivity contribution in [1.82, 2.24) is 5.32 Å². The molecule has 1 amide bonds. The summed E-state index contributed by atoms with van der Waals surface area (Å²) >= 11 is 0.